The van der Waals surface area contributed by atoms with Gasteiger partial charge >= 0.3 is 11.1 Å². The fraction of sp³-hybridized carbons (Fsp3) is 0.381. The van der Waals surface area contributed by atoms with Crippen LogP contribution in [0.2, 0.25) is 0 Å². The fourth-order valence-electron chi connectivity index (χ4n) is 3.39. The van der Waals surface area contributed by atoms with Gasteiger partial charge in [-0.3, -0.25) is 14.8 Å². The van der Waals surface area contributed by atoms with Crippen molar-refractivity contribution in [3.63, 3.8) is 0 Å². The monoisotopic (exact) mass is 413 g/mol. The van der Waals surface area contributed by atoms with Crippen LogP contribution in [0.15, 0.2) is 29.6 Å². The van der Waals surface area contributed by atoms with Crippen LogP contribution in [-0.2, 0) is 21.7 Å². The predicted molar refractivity (Wildman–Crippen MR) is 109 cm³/mol. The summed E-state index contributed by atoms with van der Waals surface area (Å²) in [6, 6.07) is 5.20. The number of rotatable bonds is 6. The molecule has 1 aliphatic rings. The van der Waals surface area contributed by atoms with Crippen molar-refractivity contribution in [3.05, 3.63) is 41.2 Å². The molecule has 152 valence electrons. The Morgan fingerprint density at radius 2 is 2.14 bits per heavy atom. The summed E-state index contributed by atoms with van der Waals surface area (Å²) in [7, 11) is 1.62. The zero-order valence-corrected chi connectivity index (χ0v) is 17.5. The Labute approximate surface area is 172 Å². The number of imidazole rings is 1. The molecular weight excluding hydrogens is 390 g/mol. The minimum Gasteiger partial charge on any atom is -0.609 e. The predicted octanol–water partition coefficient (Wildman–Crippen LogP) is 3.60. The largest absolute Gasteiger partial charge is 0.609 e. The Kier molecular flexibility index (Phi) is 5.47. The molecule has 4 rings (SSSR count). The van der Waals surface area contributed by atoms with Crippen molar-refractivity contribution in [2.24, 2.45) is 5.92 Å². The van der Waals surface area contributed by atoms with Crippen LogP contribution < -0.4 is 9.47 Å². The number of ether oxygens (including phenoxy) is 2. The van der Waals surface area contributed by atoms with E-state index in [2.05, 4.69) is 15.0 Å². The molecule has 1 aromatic carbocycles. The van der Waals surface area contributed by atoms with Crippen LogP contribution in [0.4, 0.5) is 0 Å². The first-order valence-electron chi connectivity index (χ1n) is 9.55. The van der Waals surface area contributed by atoms with Crippen molar-refractivity contribution < 1.29 is 18.8 Å². The molecule has 0 radical (unpaired) electrons. The number of carbonyl (C=O) groups excluding carboxylic acids is 1. The highest BCUT2D eigenvalue weighted by molar-refractivity contribution is 7.90. The van der Waals surface area contributed by atoms with E-state index in [9.17, 15) is 9.35 Å². The van der Waals surface area contributed by atoms with Gasteiger partial charge in [0, 0.05) is 34.6 Å². The highest BCUT2D eigenvalue weighted by atomic mass is 32.2. The third-order valence-corrected chi connectivity index (χ3v) is 6.48. The molecule has 0 aliphatic heterocycles. The number of pyridine rings is 1. The second-order valence-electron chi connectivity index (χ2n) is 7.31. The Morgan fingerprint density at radius 3 is 2.83 bits per heavy atom. The number of carbonyl (C=O) groups is 1. The van der Waals surface area contributed by atoms with Crippen molar-refractivity contribution in [2.45, 2.75) is 44.0 Å². The Hall–Kier alpha value is -2.58. The van der Waals surface area contributed by atoms with Gasteiger partial charge in [0.05, 0.1) is 29.8 Å². The lowest BCUT2D eigenvalue weighted by Gasteiger charge is -2.22. The average molecular weight is 413 g/mol. The van der Waals surface area contributed by atoms with Gasteiger partial charge in [0.2, 0.25) is 0 Å². The normalized spacial score (nSPS) is 15.2. The van der Waals surface area contributed by atoms with Crippen LogP contribution in [0.25, 0.3) is 11.0 Å². The van der Waals surface area contributed by atoms with E-state index in [-0.39, 0.29) is 17.6 Å². The molecule has 3 aromatic rings. The topological polar surface area (TPSA) is 100 Å². The SMILES string of the molecule is COc1c(C)cnc(C[S+]([O-])c2nc3cc(OC(=O)C4CCC4)ccc3[nH]2)c1C. The van der Waals surface area contributed by atoms with E-state index >= 15 is 0 Å². The summed E-state index contributed by atoms with van der Waals surface area (Å²) in [4.78, 5) is 24.0. The molecule has 1 saturated carbocycles. The van der Waals surface area contributed by atoms with Gasteiger partial charge in [0.1, 0.15) is 11.5 Å². The summed E-state index contributed by atoms with van der Waals surface area (Å²) in [6.45, 7) is 3.83. The molecule has 1 unspecified atom stereocenters. The van der Waals surface area contributed by atoms with Crippen molar-refractivity contribution in [3.8, 4) is 11.5 Å². The van der Waals surface area contributed by atoms with E-state index in [4.69, 9.17) is 9.47 Å². The van der Waals surface area contributed by atoms with Crippen molar-refractivity contribution in [1.29, 1.82) is 0 Å². The zero-order valence-electron chi connectivity index (χ0n) is 16.7. The molecule has 1 N–H and O–H groups in total. The lowest BCUT2D eigenvalue weighted by Crippen LogP contribution is -2.26. The van der Waals surface area contributed by atoms with Gasteiger partial charge in [0.15, 0.2) is 5.75 Å². The number of nitrogens with zero attached hydrogens (tertiary/aromatic N) is 2. The molecule has 7 nitrogen and oxygen atoms in total. The van der Waals surface area contributed by atoms with Crippen LogP contribution in [0.5, 0.6) is 11.5 Å². The third kappa shape index (κ3) is 3.95. The second-order valence-corrected chi connectivity index (χ2v) is 8.67. The molecule has 0 saturated heterocycles. The van der Waals surface area contributed by atoms with E-state index in [0.717, 1.165) is 41.7 Å². The third-order valence-electron chi connectivity index (χ3n) is 5.32. The summed E-state index contributed by atoms with van der Waals surface area (Å²) in [5.74, 6) is 1.26. The first-order valence-corrected chi connectivity index (χ1v) is 10.9. The van der Waals surface area contributed by atoms with Crippen molar-refractivity contribution in [1.82, 2.24) is 15.0 Å². The number of esters is 1. The Bertz CT molecular complexity index is 1060. The van der Waals surface area contributed by atoms with Crippen LogP contribution in [0.3, 0.4) is 0 Å². The molecule has 2 aromatic heterocycles. The summed E-state index contributed by atoms with van der Waals surface area (Å²) in [5.41, 5.74) is 3.87. The number of H-pyrrole nitrogens is 1. The molecule has 29 heavy (non-hydrogen) atoms. The van der Waals surface area contributed by atoms with E-state index in [1.165, 1.54) is 0 Å². The van der Waals surface area contributed by atoms with Gasteiger partial charge in [-0.1, -0.05) is 6.42 Å². The maximum atomic E-state index is 12.9. The molecule has 1 aliphatic carbocycles. The van der Waals surface area contributed by atoms with Crippen LogP contribution >= 0.6 is 0 Å². The Balaban J connectivity index is 1.52. The van der Waals surface area contributed by atoms with Gasteiger partial charge in [-0.2, -0.15) is 4.98 Å². The maximum Gasteiger partial charge on any atom is 0.322 e. The Morgan fingerprint density at radius 1 is 1.34 bits per heavy atom. The van der Waals surface area contributed by atoms with Gasteiger partial charge in [0.25, 0.3) is 0 Å². The summed E-state index contributed by atoms with van der Waals surface area (Å²) < 4.78 is 23.7. The highest BCUT2D eigenvalue weighted by Crippen LogP contribution is 2.30. The maximum absolute atomic E-state index is 12.9. The molecule has 1 atom stereocenters. The number of methoxy groups -OCH3 is 1. The number of benzene rings is 1. The van der Waals surface area contributed by atoms with E-state index < -0.39 is 11.2 Å². The molecule has 0 spiro atoms. The van der Waals surface area contributed by atoms with Gasteiger partial charge in [-0.25, -0.2) is 0 Å². The van der Waals surface area contributed by atoms with E-state index in [0.29, 0.717) is 22.1 Å². The van der Waals surface area contributed by atoms with Crippen LogP contribution in [-0.4, -0.2) is 32.6 Å². The quantitative estimate of drug-likeness (QED) is 0.376. The standard InChI is InChI=1S/C21H23N3O4S/c1-12-10-22-18(13(2)19(12)27-3)11-29(26)21-23-16-8-7-15(9-17(16)24-21)28-20(25)14-5-4-6-14/h7-10,14H,4-6,11H2,1-3H3,(H,23,24). The minimum absolute atomic E-state index is 0.00943. The highest BCUT2D eigenvalue weighted by Gasteiger charge is 2.27. The summed E-state index contributed by atoms with van der Waals surface area (Å²) in [6.07, 6.45) is 4.59. The van der Waals surface area contributed by atoms with Crippen molar-refractivity contribution >= 4 is 28.2 Å². The van der Waals surface area contributed by atoms with Gasteiger partial charge in [-0.05, 0) is 38.8 Å². The lowest BCUT2D eigenvalue weighted by atomic mass is 9.86. The number of nitrogens with one attached hydrogen (secondary N) is 1. The molecular formula is C21H23N3O4S. The lowest BCUT2D eigenvalue weighted by molar-refractivity contribution is -0.141. The minimum atomic E-state index is -1.40. The summed E-state index contributed by atoms with van der Waals surface area (Å²) >= 11 is -1.40. The number of hydrogen-bond acceptors (Lipinski definition) is 6. The van der Waals surface area contributed by atoms with Crippen LogP contribution in [0, 0.1) is 19.8 Å². The van der Waals surface area contributed by atoms with Gasteiger partial charge in [-0.15, -0.1) is 0 Å². The number of aryl methyl sites for hydroxylation is 1. The molecule has 0 amide bonds. The smallest absolute Gasteiger partial charge is 0.322 e. The van der Waals surface area contributed by atoms with Gasteiger partial charge < -0.3 is 14.0 Å². The number of aromatic nitrogens is 3. The number of aromatic amines is 1. The first kappa shape index (κ1) is 19.7. The van der Waals surface area contributed by atoms with Crippen LogP contribution in [0.1, 0.15) is 36.1 Å². The fourth-order valence-corrected chi connectivity index (χ4v) is 4.49. The van der Waals surface area contributed by atoms with E-state index in [1.54, 1.807) is 31.5 Å². The zero-order chi connectivity index (χ0) is 20.5. The summed E-state index contributed by atoms with van der Waals surface area (Å²) in [5, 5.41) is 0.364. The number of hydrogen-bond donors (Lipinski definition) is 1. The molecule has 2 heterocycles. The molecule has 0 bridgehead atoms. The molecule has 1 fully saturated rings. The first-order chi connectivity index (χ1) is 14.0. The average Bonchev–Trinajstić information content (AvgIpc) is 3.06. The molecule has 8 heteroatoms. The van der Waals surface area contributed by atoms with E-state index in [1.807, 2.05) is 13.8 Å². The second kappa shape index (κ2) is 8.04. The van der Waals surface area contributed by atoms with Crippen molar-refractivity contribution in [2.75, 3.05) is 7.11 Å². The number of fused-ring (bicyclic) bond motifs is 1.